The van der Waals surface area contributed by atoms with Crippen LogP contribution < -0.4 is 0 Å². The molecular weight excluding hydrogens is 458 g/mol. The summed E-state index contributed by atoms with van der Waals surface area (Å²) in [6.07, 6.45) is -0.258. The number of benzene rings is 1. The molecule has 1 saturated heterocycles. The van der Waals surface area contributed by atoms with Crippen molar-refractivity contribution in [3.63, 3.8) is 0 Å². The Morgan fingerprint density at radius 2 is 1.54 bits per heavy atom. The van der Waals surface area contributed by atoms with Gasteiger partial charge in [-0.2, -0.15) is 0 Å². The Morgan fingerprint density at radius 1 is 0.914 bits per heavy atom. The van der Waals surface area contributed by atoms with Gasteiger partial charge in [-0.15, -0.1) is 0 Å². The van der Waals surface area contributed by atoms with Crippen molar-refractivity contribution in [2.75, 3.05) is 6.61 Å². The summed E-state index contributed by atoms with van der Waals surface area (Å²) in [5.41, 5.74) is 1.69. The molecule has 10 heteroatoms. The highest BCUT2D eigenvalue weighted by Gasteiger charge is 2.49. The van der Waals surface area contributed by atoms with Crippen LogP contribution in [-0.2, 0) is 42.9 Å². The van der Waals surface area contributed by atoms with Gasteiger partial charge in [-0.1, -0.05) is 39.0 Å². The second kappa shape index (κ2) is 12.2. The lowest BCUT2D eigenvalue weighted by Crippen LogP contribution is -2.58. The molecule has 1 aromatic carbocycles. The first kappa shape index (κ1) is 26.0. The molecular formula is C25H29NO9. The molecule has 1 N–H and O–H groups in total. The largest absolute Gasteiger partial charge is 0.456 e. The molecule has 2 aromatic rings. The minimum Gasteiger partial charge on any atom is -0.456 e. The van der Waals surface area contributed by atoms with Crippen LogP contribution in [0.4, 0.5) is 0 Å². The van der Waals surface area contributed by atoms with E-state index in [9.17, 15) is 19.2 Å². The molecule has 10 nitrogen and oxygen atoms in total. The average molecular weight is 488 g/mol. The Kier molecular flexibility index (Phi) is 9.02. The van der Waals surface area contributed by atoms with E-state index in [0.29, 0.717) is 0 Å². The van der Waals surface area contributed by atoms with Crippen molar-refractivity contribution in [2.45, 2.75) is 64.6 Å². The monoisotopic (exact) mass is 487 g/mol. The number of H-pyrrole nitrogens is 1. The number of para-hydroxylation sites is 1. The smallest absolute Gasteiger partial charge is 0.333 e. The number of ether oxygens (including phenoxy) is 5. The molecule has 4 atom stereocenters. The lowest BCUT2D eigenvalue weighted by Gasteiger charge is -2.39. The lowest BCUT2D eigenvalue weighted by atomic mass is 10.0. The van der Waals surface area contributed by atoms with Gasteiger partial charge in [-0.3, -0.25) is 14.4 Å². The zero-order valence-corrected chi connectivity index (χ0v) is 19.9. The first-order valence-electron chi connectivity index (χ1n) is 11.5. The number of hydrogen-bond donors (Lipinski definition) is 1. The summed E-state index contributed by atoms with van der Waals surface area (Å²) < 4.78 is 27.2. The molecule has 188 valence electrons. The first-order chi connectivity index (χ1) is 16.9. The molecule has 0 spiro atoms. The molecule has 1 aliphatic heterocycles. The molecule has 0 aliphatic carbocycles. The van der Waals surface area contributed by atoms with Crippen LogP contribution in [0.25, 0.3) is 17.0 Å². The predicted octanol–water partition coefficient (Wildman–Crippen LogP) is 3.05. The maximum Gasteiger partial charge on any atom is 0.333 e. The van der Waals surface area contributed by atoms with E-state index in [1.54, 1.807) is 33.0 Å². The molecule has 35 heavy (non-hydrogen) atoms. The number of aromatic nitrogens is 1. The maximum absolute atomic E-state index is 12.6. The van der Waals surface area contributed by atoms with Gasteiger partial charge in [0.15, 0.2) is 12.2 Å². The fourth-order valence-electron chi connectivity index (χ4n) is 3.48. The predicted molar refractivity (Wildman–Crippen MR) is 124 cm³/mol. The highest BCUT2D eigenvalue weighted by atomic mass is 16.7. The van der Waals surface area contributed by atoms with E-state index in [4.69, 9.17) is 23.7 Å². The van der Waals surface area contributed by atoms with E-state index in [1.165, 1.54) is 6.08 Å². The van der Waals surface area contributed by atoms with Crippen LogP contribution in [0.15, 0.2) is 36.5 Å². The highest BCUT2D eigenvalue weighted by molar-refractivity contribution is 5.94. The van der Waals surface area contributed by atoms with Crippen molar-refractivity contribution < 1.29 is 42.9 Å². The quantitative estimate of drug-likeness (QED) is 0.322. The summed E-state index contributed by atoms with van der Waals surface area (Å²) in [6, 6.07) is 7.60. The summed E-state index contributed by atoms with van der Waals surface area (Å²) in [6.45, 7) is 4.56. The van der Waals surface area contributed by atoms with Crippen molar-refractivity contribution in [3.8, 4) is 0 Å². The Morgan fingerprint density at radius 3 is 2.23 bits per heavy atom. The third-order valence-electron chi connectivity index (χ3n) is 5.32. The fraction of sp³-hybridized carbons (Fsp3) is 0.440. The molecule has 2 heterocycles. The van der Waals surface area contributed by atoms with E-state index in [-0.39, 0.29) is 25.9 Å². The number of hydrogen-bond acceptors (Lipinski definition) is 9. The molecule has 0 radical (unpaired) electrons. The van der Waals surface area contributed by atoms with Gasteiger partial charge in [0, 0.05) is 48.0 Å². The van der Waals surface area contributed by atoms with E-state index >= 15 is 0 Å². The van der Waals surface area contributed by atoms with Gasteiger partial charge in [-0.25, -0.2) is 4.79 Å². The number of esters is 4. The lowest BCUT2D eigenvalue weighted by molar-refractivity contribution is -0.273. The molecule has 0 saturated carbocycles. The number of rotatable bonds is 9. The van der Waals surface area contributed by atoms with Gasteiger partial charge in [0.2, 0.25) is 12.4 Å². The van der Waals surface area contributed by atoms with Gasteiger partial charge < -0.3 is 28.7 Å². The van der Waals surface area contributed by atoms with Crippen molar-refractivity contribution in [3.05, 3.63) is 42.1 Å². The van der Waals surface area contributed by atoms with Crippen LogP contribution in [-0.4, -0.2) is 60.1 Å². The van der Waals surface area contributed by atoms with E-state index in [0.717, 1.165) is 16.5 Å². The first-order valence-corrected chi connectivity index (χ1v) is 11.5. The fourth-order valence-corrected chi connectivity index (χ4v) is 3.48. The second-order valence-corrected chi connectivity index (χ2v) is 7.76. The summed E-state index contributed by atoms with van der Waals surface area (Å²) in [7, 11) is 0. The third kappa shape index (κ3) is 6.69. The minimum atomic E-state index is -1.38. The summed E-state index contributed by atoms with van der Waals surface area (Å²) in [5.74, 6) is -2.54. The normalized spacial score (nSPS) is 22.0. The zero-order chi connectivity index (χ0) is 25.4. The molecule has 1 aromatic heterocycles. The highest BCUT2D eigenvalue weighted by Crippen LogP contribution is 2.26. The molecule has 0 unspecified atom stereocenters. The number of aromatic amines is 1. The van der Waals surface area contributed by atoms with Crippen LogP contribution in [0.2, 0.25) is 0 Å². The van der Waals surface area contributed by atoms with Crippen LogP contribution in [0.1, 0.15) is 45.6 Å². The number of carbonyl (C=O) groups is 4. The standard InChI is InChI=1S/C25H29NO9/c1-4-19(27)32-18-14-31-25(24(34-21(29)6-3)23(18)33-20(28)5-2)35-22(30)12-11-15-13-26-17-10-8-7-9-16(15)17/h7-13,18,23-26H,4-6,14H2,1-3H3/b12-11+/t18-,23+,24-,25+/m1/s1. The molecule has 0 amide bonds. The maximum atomic E-state index is 12.6. The zero-order valence-electron chi connectivity index (χ0n) is 19.9. The molecule has 1 fully saturated rings. The van der Waals surface area contributed by atoms with E-state index in [1.807, 2.05) is 24.3 Å². The molecule has 0 bridgehead atoms. The Labute approximate surface area is 202 Å². The van der Waals surface area contributed by atoms with Crippen molar-refractivity contribution >= 4 is 40.9 Å². The van der Waals surface area contributed by atoms with Gasteiger partial charge in [0.1, 0.15) is 0 Å². The van der Waals surface area contributed by atoms with Crippen molar-refractivity contribution in [2.24, 2.45) is 0 Å². The third-order valence-corrected chi connectivity index (χ3v) is 5.32. The van der Waals surface area contributed by atoms with Crippen LogP contribution in [0, 0.1) is 0 Å². The average Bonchev–Trinajstić information content (AvgIpc) is 3.28. The van der Waals surface area contributed by atoms with Gasteiger partial charge in [0.25, 0.3) is 0 Å². The van der Waals surface area contributed by atoms with E-state index in [2.05, 4.69) is 4.98 Å². The minimum absolute atomic E-state index is 0.0193. The summed E-state index contributed by atoms with van der Waals surface area (Å²) >= 11 is 0. The Balaban J connectivity index is 1.80. The summed E-state index contributed by atoms with van der Waals surface area (Å²) in [4.78, 5) is 51.8. The number of fused-ring (bicyclic) bond motifs is 1. The van der Waals surface area contributed by atoms with Crippen molar-refractivity contribution in [1.29, 1.82) is 0 Å². The number of nitrogens with one attached hydrogen (secondary N) is 1. The number of carbonyl (C=O) groups excluding carboxylic acids is 4. The molecule has 3 rings (SSSR count). The van der Waals surface area contributed by atoms with Crippen LogP contribution in [0.3, 0.4) is 0 Å². The van der Waals surface area contributed by atoms with Gasteiger partial charge in [0.05, 0.1) is 6.61 Å². The second-order valence-electron chi connectivity index (χ2n) is 7.76. The Bertz CT molecular complexity index is 1090. The Hall–Kier alpha value is -3.66. The van der Waals surface area contributed by atoms with Crippen molar-refractivity contribution in [1.82, 2.24) is 4.98 Å². The summed E-state index contributed by atoms with van der Waals surface area (Å²) in [5, 5.41) is 0.923. The topological polar surface area (TPSA) is 130 Å². The molecule has 1 aliphatic rings. The van der Waals surface area contributed by atoms with E-state index < -0.39 is 48.5 Å². The van der Waals surface area contributed by atoms with Gasteiger partial charge >= 0.3 is 23.9 Å². The SMILES string of the molecule is CCC(=O)O[C@@H]1[C@@H](OC(=O)CC)[C@H](OC(=O)/C=C/c2c[nH]c3ccccc23)OC[C@H]1OC(=O)CC. The van der Waals surface area contributed by atoms with Gasteiger partial charge in [-0.05, 0) is 12.1 Å². The van der Waals surface area contributed by atoms with Crippen LogP contribution in [0.5, 0.6) is 0 Å². The van der Waals surface area contributed by atoms with Crippen LogP contribution >= 0.6 is 0 Å².